The first-order chi connectivity index (χ1) is 5.20. The van der Waals surface area contributed by atoms with E-state index in [2.05, 4.69) is 0 Å². The van der Waals surface area contributed by atoms with E-state index in [0.29, 0.717) is 6.54 Å². The summed E-state index contributed by atoms with van der Waals surface area (Å²) in [4.78, 5) is 12.1. The third-order valence-corrected chi connectivity index (χ3v) is 2.94. The van der Waals surface area contributed by atoms with Gasteiger partial charge in [-0.15, -0.1) is 0 Å². The van der Waals surface area contributed by atoms with Crippen LogP contribution < -0.4 is 0 Å². The average Bonchev–Trinajstić information content (AvgIpc) is 2.31. The van der Waals surface area contributed by atoms with Gasteiger partial charge in [-0.2, -0.15) is 0 Å². The van der Waals surface area contributed by atoms with E-state index in [1.165, 1.54) is 0 Å². The minimum Gasteiger partial charge on any atom is -0.481 e. The number of thioether (sulfide) groups is 1. The number of hydrogen-bond donors (Lipinski definition) is 1. The van der Waals surface area contributed by atoms with Crippen molar-refractivity contribution in [3.05, 3.63) is 0 Å². The van der Waals surface area contributed by atoms with E-state index in [9.17, 15) is 4.79 Å². The van der Waals surface area contributed by atoms with Crippen LogP contribution in [0.25, 0.3) is 0 Å². The molecule has 1 N–H and O–H groups in total. The van der Waals surface area contributed by atoms with Crippen molar-refractivity contribution < 1.29 is 9.90 Å². The van der Waals surface area contributed by atoms with Crippen molar-refractivity contribution >= 4 is 34.3 Å². The van der Waals surface area contributed by atoms with Gasteiger partial charge in [0.25, 0.3) is 0 Å². The molecule has 1 saturated heterocycles. The molecule has 0 amide bonds. The van der Waals surface area contributed by atoms with Crippen LogP contribution in [0.5, 0.6) is 0 Å². The molecule has 0 atom stereocenters. The zero-order chi connectivity index (χ0) is 8.27. The van der Waals surface area contributed by atoms with Gasteiger partial charge in [-0.1, -0.05) is 24.0 Å². The standard InChI is InChI=1S/C6H9NO2S2/c8-5(9)1-2-7-3-4-11-6(7)10/h1-4H2,(H,8,9). The molecular weight excluding hydrogens is 182 g/mol. The summed E-state index contributed by atoms with van der Waals surface area (Å²) in [6.45, 7) is 1.46. The van der Waals surface area contributed by atoms with Crippen molar-refractivity contribution in [3.63, 3.8) is 0 Å². The number of carboxylic acids is 1. The summed E-state index contributed by atoms with van der Waals surface area (Å²) in [5.41, 5.74) is 0. The summed E-state index contributed by atoms with van der Waals surface area (Å²) in [6, 6.07) is 0. The molecule has 3 nitrogen and oxygen atoms in total. The molecule has 0 unspecified atom stereocenters. The molecule has 0 radical (unpaired) electrons. The van der Waals surface area contributed by atoms with Gasteiger partial charge in [0.1, 0.15) is 4.32 Å². The van der Waals surface area contributed by atoms with Gasteiger partial charge in [-0.05, 0) is 0 Å². The molecule has 0 aliphatic carbocycles. The van der Waals surface area contributed by atoms with E-state index < -0.39 is 5.97 Å². The highest BCUT2D eigenvalue weighted by Crippen LogP contribution is 2.17. The van der Waals surface area contributed by atoms with Crippen molar-refractivity contribution in [1.82, 2.24) is 4.90 Å². The Morgan fingerprint density at radius 2 is 2.55 bits per heavy atom. The monoisotopic (exact) mass is 191 g/mol. The summed E-state index contributed by atoms with van der Waals surface area (Å²) in [5, 5.41) is 8.38. The van der Waals surface area contributed by atoms with Gasteiger partial charge in [-0.3, -0.25) is 4.79 Å². The number of rotatable bonds is 3. The van der Waals surface area contributed by atoms with Crippen molar-refractivity contribution in [3.8, 4) is 0 Å². The number of thiocarbonyl (C=S) groups is 1. The van der Waals surface area contributed by atoms with Crippen LogP contribution in [0.3, 0.4) is 0 Å². The predicted octanol–water partition coefficient (Wildman–Crippen LogP) is 0.795. The molecule has 0 aromatic carbocycles. The normalized spacial score (nSPS) is 17.5. The van der Waals surface area contributed by atoms with Gasteiger partial charge >= 0.3 is 5.97 Å². The molecule has 5 heteroatoms. The Balaban J connectivity index is 2.26. The maximum Gasteiger partial charge on any atom is 0.305 e. The summed E-state index contributed by atoms with van der Waals surface area (Å²) < 4.78 is 0.839. The van der Waals surface area contributed by atoms with Crippen LogP contribution in [0.1, 0.15) is 6.42 Å². The summed E-state index contributed by atoms with van der Waals surface area (Å²) in [7, 11) is 0. The second kappa shape index (κ2) is 3.92. The molecule has 1 heterocycles. The van der Waals surface area contributed by atoms with Crippen LogP contribution >= 0.6 is 24.0 Å². The minimum atomic E-state index is -0.760. The second-order valence-corrected chi connectivity index (χ2v) is 3.97. The van der Waals surface area contributed by atoms with Gasteiger partial charge in [0.15, 0.2) is 0 Å². The van der Waals surface area contributed by atoms with Crippen molar-refractivity contribution in [2.24, 2.45) is 0 Å². The molecule has 1 aliphatic heterocycles. The molecule has 11 heavy (non-hydrogen) atoms. The van der Waals surface area contributed by atoms with E-state index in [-0.39, 0.29) is 6.42 Å². The lowest BCUT2D eigenvalue weighted by Gasteiger charge is -2.14. The van der Waals surface area contributed by atoms with E-state index in [0.717, 1.165) is 16.6 Å². The number of aliphatic carboxylic acids is 1. The van der Waals surface area contributed by atoms with Crippen molar-refractivity contribution in [1.29, 1.82) is 0 Å². The zero-order valence-electron chi connectivity index (χ0n) is 5.95. The average molecular weight is 191 g/mol. The largest absolute Gasteiger partial charge is 0.481 e. The minimum absolute atomic E-state index is 0.181. The fraction of sp³-hybridized carbons (Fsp3) is 0.667. The number of carbonyl (C=O) groups is 1. The maximum absolute atomic E-state index is 10.2. The van der Waals surface area contributed by atoms with Gasteiger partial charge < -0.3 is 10.0 Å². The number of hydrogen-bond acceptors (Lipinski definition) is 3. The first-order valence-electron chi connectivity index (χ1n) is 3.33. The first-order valence-corrected chi connectivity index (χ1v) is 4.73. The quantitative estimate of drug-likeness (QED) is 0.668. The summed E-state index contributed by atoms with van der Waals surface area (Å²) in [5.74, 6) is 0.239. The van der Waals surface area contributed by atoms with Crippen LogP contribution in [-0.2, 0) is 4.79 Å². The molecule has 0 spiro atoms. The molecule has 0 aromatic heterocycles. The topological polar surface area (TPSA) is 40.5 Å². The Kier molecular flexibility index (Phi) is 3.14. The van der Waals surface area contributed by atoms with Crippen LogP contribution in [-0.4, -0.2) is 39.1 Å². The zero-order valence-corrected chi connectivity index (χ0v) is 7.58. The Bertz CT molecular complexity index is 183. The Hall–Kier alpha value is -0.290. The van der Waals surface area contributed by atoms with Crippen LogP contribution in [0, 0.1) is 0 Å². The van der Waals surface area contributed by atoms with Gasteiger partial charge in [0.2, 0.25) is 0 Å². The Morgan fingerprint density at radius 3 is 3.00 bits per heavy atom. The third-order valence-electron chi connectivity index (χ3n) is 1.44. The van der Waals surface area contributed by atoms with E-state index in [1.807, 2.05) is 4.90 Å². The molecule has 62 valence electrons. The Morgan fingerprint density at radius 1 is 1.82 bits per heavy atom. The van der Waals surface area contributed by atoms with Gasteiger partial charge in [0, 0.05) is 18.8 Å². The fourth-order valence-corrected chi connectivity index (χ4v) is 2.14. The molecule has 1 aliphatic rings. The van der Waals surface area contributed by atoms with Crippen molar-refractivity contribution in [2.45, 2.75) is 6.42 Å². The molecule has 0 bridgehead atoms. The van der Waals surface area contributed by atoms with Crippen LogP contribution in [0.15, 0.2) is 0 Å². The molecular formula is C6H9NO2S2. The number of nitrogens with zero attached hydrogens (tertiary/aromatic N) is 1. The van der Waals surface area contributed by atoms with Gasteiger partial charge in [0.05, 0.1) is 6.42 Å². The smallest absolute Gasteiger partial charge is 0.305 e. The van der Waals surface area contributed by atoms with Gasteiger partial charge in [-0.25, -0.2) is 0 Å². The van der Waals surface area contributed by atoms with E-state index in [4.69, 9.17) is 17.3 Å². The highest BCUT2D eigenvalue weighted by Gasteiger charge is 2.17. The lowest BCUT2D eigenvalue weighted by atomic mass is 10.4. The second-order valence-electron chi connectivity index (χ2n) is 2.25. The fourth-order valence-electron chi connectivity index (χ4n) is 0.859. The van der Waals surface area contributed by atoms with E-state index in [1.54, 1.807) is 11.8 Å². The highest BCUT2D eigenvalue weighted by atomic mass is 32.2. The lowest BCUT2D eigenvalue weighted by Crippen LogP contribution is -2.25. The van der Waals surface area contributed by atoms with Crippen LogP contribution in [0.4, 0.5) is 0 Å². The predicted molar refractivity (Wildman–Crippen MR) is 48.9 cm³/mol. The summed E-state index contributed by atoms with van der Waals surface area (Å²) in [6.07, 6.45) is 0.181. The molecule has 1 rings (SSSR count). The molecule has 0 aromatic rings. The molecule has 0 saturated carbocycles. The molecule has 1 fully saturated rings. The van der Waals surface area contributed by atoms with Crippen LogP contribution in [0.2, 0.25) is 0 Å². The maximum atomic E-state index is 10.2. The number of carboxylic acid groups (broad SMARTS) is 1. The Labute approximate surface area is 74.8 Å². The summed E-state index contributed by atoms with van der Waals surface area (Å²) >= 11 is 6.61. The lowest BCUT2D eigenvalue weighted by molar-refractivity contribution is -0.137. The SMILES string of the molecule is O=C(O)CCN1CCSC1=S. The highest BCUT2D eigenvalue weighted by molar-refractivity contribution is 8.23. The first kappa shape index (κ1) is 8.80. The van der Waals surface area contributed by atoms with E-state index >= 15 is 0 Å². The van der Waals surface area contributed by atoms with Crippen molar-refractivity contribution in [2.75, 3.05) is 18.8 Å². The third kappa shape index (κ3) is 2.67.